The fraction of sp³-hybridized carbons (Fsp3) is 0.143. The molecule has 2 aromatic heterocycles. The third-order valence-electron chi connectivity index (χ3n) is 3.19. The van der Waals surface area contributed by atoms with E-state index in [2.05, 4.69) is 10.1 Å². The van der Waals surface area contributed by atoms with Crippen LogP contribution >= 0.6 is 0 Å². The minimum Gasteiger partial charge on any atom is -0.454 e. The summed E-state index contributed by atoms with van der Waals surface area (Å²) >= 11 is 0. The van der Waals surface area contributed by atoms with Gasteiger partial charge in [0.25, 0.3) is 0 Å². The molecular weight excluding hydrogens is 242 g/mol. The van der Waals surface area contributed by atoms with Crippen LogP contribution in [0.5, 0.6) is 11.5 Å². The van der Waals surface area contributed by atoms with Crippen LogP contribution in [0, 0.1) is 0 Å². The molecule has 0 atom stereocenters. The van der Waals surface area contributed by atoms with Crippen LogP contribution in [0.15, 0.2) is 42.9 Å². The van der Waals surface area contributed by atoms with E-state index in [4.69, 9.17) is 9.47 Å². The Morgan fingerprint density at radius 1 is 1.16 bits per heavy atom. The van der Waals surface area contributed by atoms with Gasteiger partial charge in [-0.15, -0.1) is 0 Å². The lowest BCUT2D eigenvalue weighted by Gasteiger charge is -2.05. The molecule has 0 amide bonds. The highest BCUT2D eigenvalue weighted by Crippen LogP contribution is 2.39. The van der Waals surface area contributed by atoms with Crippen molar-refractivity contribution in [1.29, 1.82) is 0 Å². The zero-order valence-corrected chi connectivity index (χ0v) is 10.1. The number of ether oxygens (including phenoxy) is 2. The highest BCUT2D eigenvalue weighted by atomic mass is 16.7. The summed E-state index contributed by atoms with van der Waals surface area (Å²) < 4.78 is 12.9. The average Bonchev–Trinajstić information content (AvgIpc) is 3.06. The van der Waals surface area contributed by atoms with Crippen molar-refractivity contribution in [1.82, 2.24) is 14.8 Å². The van der Waals surface area contributed by atoms with Gasteiger partial charge in [0.15, 0.2) is 11.5 Å². The molecule has 0 N–H and O–H groups in total. The van der Waals surface area contributed by atoms with E-state index in [-0.39, 0.29) is 6.79 Å². The largest absolute Gasteiger partial charge is 0.454 e. The molecule has 4 rings (SSSR count). The second kappa shape index (κ2) is 3.98. The van der Waals surface area contributed by atoms with Gasteiger partial charge < -0.3 is 9.47 Å². The quantitative estimate of drug-likeness (QED) is 0.702. The average molecular weight is 253 g/mol. The first-order valence-electron chi connectivity index (χ1n) is 6.05. The highest BCUT2D eigenvalue weighted by molar-refractivity contribution is 5.87. The lowest BCUT2D eigenvalue weighted by molar-refractivity contribution is 0.174. The highest BCUT2D eigenvalue weighted by Gasteiger charge is 2.20. The molecule has 5 heteroatoms. The molecule has 1 aromatic carbocycles. The van der Waals surface area contributed by atoms with E-state index in [1.165, 1.54) is 0 Å². The van der Waals surface area contributed by atoms with Crippen molar-refractivity contribution in [3.63, 3.8) is 0 Å². The van der Waals surface area contributed by atoms with Crippen molar-refractivity contribution < 1.29 is 9.47 Å². The number of rotatable bonds is 2. The van der Waals surface area contributed by atoms with Crippen molar-refractivity contribution >= 4 is 10.9 Å². The maximum Gasteiger partial charge on any atom is 0.231 e. The van der Waals surface area contributed by atoms with Crippen LogP contribution in [0.4, 0.5) is 0 Å². The molecule has 3 heterocycles. The number of hydrogen-bond acceptors (Lipinski definition) is 4. The Labute approximate surface area is 109 Å². The summed E-state index contributed by atoms with van der Waals surface area (Å²) in [6, 6.07) is 7.86. The van der Waals surface area contributed by atoms with Crippen LogP contribution in [0.2, 0.25) is 0 Å². The molecule has 0 saturated heterocycles. The molecule has 3 aromatic rings. The van der Waals surface area contributed by atoms with Crippen molar-refractivity contribution in [2.24, 2.45) is 0 Å². The second-order valence-corrected chi connectivity index (χ2v) is 4.40. The van der Waals surface area contributed by atoms with Crippen LogP contribution in [-0.4, -0.2) is 21.6 Å². The molecule has 0 fully saturated rings. The number of hydrogen-bond donors (Lipinski definition) is 0. The van der Waals surface area contributed by atoms with E-state index in [0.717, 1.165) is 28.0 Å². The van der Waals surface area contributed by atoms with E-state index in [0.29, 0.717) is 6.54 Å². The van der Waals surface area contributed by atoms with Gasteiger partial charge in [0.2, 0.25) is 6.79 Å². The summed E-state index contributed by atoms with van der Waals surface area (Å²) in [7, 11) is 0. The van der Waals surface area contributed by atoms with Gasteiger partial charge in [-0.05, 0) is 23.8 Å². The van der Waals surface area contributed by atoms with Gasteiger partial charge in [-0.25, -0.2) is 0 Å². The Hall–Kier alpha value is -2.56. The Bertz CT molecular complexity index is 737. The molecular formula is C14H11N3O2. The summed E-state index contributed by atoms with van der Waals surface area (Å²) in [5.41, 5.74) is 2.07. The van der Waals surface area contributed by atoms with Gasteiger partial charge in [-0.1, -0.05) is 6.07 Å². The van der Waals surface area contributed by atoms with Crippen molar-refractivity contribution in [2.75, 3.05) is 6.79 Å². The smallest absolute Gasteiger partial charge is 0.231 e. The standard InChI is InChI=1S/C14H11N3O2/c1-2-10(6-15-5-1)8-17-13-11(7-16-17)3-4-12-14(13)19-9-18-12/h1-7H,8-9H2. The minimum atomic E-state index is 0.270. The van der Waals surface area contributed by atoms with Crippen LogP contribution in [-0.2, 0) is 6.54 Å². The van der Waals surface area contributed by atoms with Crippen molar-refractivity contribution in [3.8, 4) is 11.5 Å². The third-order valence-corrected chi connectivity index (χ3v) is 3.19. The molecule has 0 radical (unpaired) electrons. The van der Waals surface area contributed by atoms with Gasteiger partial charge in [-0.3, -0.25) is 9.67 Å². The predicted molar refractivity (Wildman–Crippen MR) is 69.2 cm³/mol. The van der Waals surface area contributed by atoms with Crippen LogP contribution < -0.4 is 9.47 Å². The molecule has 1 aliphatic rings. The molecule has 19 heavy (non-hydrogen) atoms. The van der Waals surface area contributed by atoms with Gasteiger partial charge in [-0.2, -0.15) is 5.10 Å². The summed E-state index contributed by atoms with van der Waals surface area (Å²) in [6.45, 7) is 0.934. The maximum absolute atomic E-state index is 5.55. The Kier molecular flexibility index (Phi) is 2.17. The molecule has 0 aliphatic carbocycles. The lowest BCUT2D eigenvalue weighted by Crippen LogP contribution is -2.02. The Morgan fingerprint density at radius 3 is 3.05 bits per heavy atom. The van der Waals surface area contributed by atoms with Crippen LogP contribution in [0.25, 0.3) is 10.9 Å². The van der Waals surface area contributed by atoms with Crippen molar-refractivity contribution in [3.05, 3.63) is 48.4 Å². The number of fused-ring (bicyclic) bond motifs is 3. The molecule has 0 spiro atoms. The molecule has 1 aliphatic heterocycles. The monoisotopic (exact) mass is 253 g/mol. The van der Waals surface area contributed by atoms with Crippen LogP contribution in [0.3, 0.4) is 0 Å². The van der Waals surface area contributed by atoms with E-state index in [1.807, 2.05) is 41.3 Å². The molecule has 0 unspecified atom stereocenters. The lowest BCUT2D eigenvalue weighted by atomic mass is 10.2. The molecule has 5 nitrogen and oxygen atoms in total. The summed E-state index contributed by atoms with van der Waals surface area (Å²) in [4.78, 5) is 4.12. The number of pyridine rings is 1. The zero-order chi connectivity index (χ0) is 12.7. The normalized spacial score (nSPS) is 13.1. The number of benzene rings is 1. The fourth-order valence-electron chi connectivity index (χ4n) is 2.32. The van der Waals surface area contributed by atoms with Crippen LogP contribution in [0.1, 0.15) is 5.56 Å². The number of aromatic nitrogens is 3. The van der Waals surface area contributed by atoms with E-state index >= 15 is 0 Å². The molecule has 0 bridgehead atoms. The van der Waals surface area contributed by atoms with Crippen molar-refractivity contribution in [2.45, 2.75) is 6.54 Å². The molecule has 0 saturated carbocycles. The first kappa shape index (κ1) is 10.4. The van der Waals surface area contributed by atoms with E-state index in [9.17, 15) is 0 Å². The number of nitrogens with zero attached hydrogens (tertiary/aromatic N) is 3. The van der Waals surface area contributed by atoms with Gasteiger partial charge >= 0.3 is 0 Å². The second-order valence-electron chi connectivity index (χ2n) is 4.40. The first-order valence-corrected chi connectivity index (χ1v) is 6.05. The third kappa shape index (κ3) is 1.62. The summed E-state index contributed by atoms with van der Waals surface area (Å²) in [5, 5.41) is 5.47. The topological polar surface area (TPSA) is 49.2 Å². The van der Waals surface area contributed by atoms with Gasteiger partial charge in [0.1, 0.15) is 5.52 Å². The molecule has 94 valence electrons. The SMILES string of the molecule is c1cncc(Cn2ncc3ccc4c(c32)OCO4)c1. The summed E-state index contributed by atoms with van der Waals surface area (Å²) in [6.07, 6.45) is 5.45. The van der Waals surface area contributed by atoms with E-state index in [1.54, 1.807) is 6.20 Å². The minimum absolute atomic E-state index is 0.270. The first-order chi connectivity index (χ1) is 9.42. The fourth-order valence-corrected chi connectivity index (χ4v) is 2.32. The Morgan fingerprint density at radius 2 is 2.16 bits per heavy atom. The Balaban J connectivity index is 1.85. The van der Waals surface area contributed by atoms with E-state index < -0.39 is 0 Å². The van der Waals surface area contributed by atoms with Gasteiger partial charge in [0, 0.05) is 17.8 Å². The maximum atomic E-state index is 5.55. The zero-order valence-electron chi connectivity index (χ0n) is 10.1. The predicted octanol–water partition coefficient (Wildman–Crippen LogP) is 2.21. The van der Waals surface area contributed by atoms with Gasteiger partial charge in [0.05, 0.1) is 12.7 Å². The summed E-state index contributed by atoms with van der Waals surface area (Å²) in [5.74, 6) is 1.55.